The molecule has 0 heterocycles. The molecule has 0 amide bonds. The zero-order chi connectivity index (χ0) is 16.4. The second-order valence-corrected chi connectivity index (χ2v) is 9.31. The Morgan fingerprint density at radius 2 is 1.67 bits per heavy atom. The van der Waals surface area contributed by atoms with Gasteiger partial charge in [0, 0.05) is 19.3 Å². The molecule has 0 fully saturated rings. The third-order valence-corrected chi connectivity index (χ3v) is 5.90. The quantitative estimate of drug-likeness (QED) is 0.874. The lowest BCUT2D eigenvalue weighted by Crippen LogP contribution is -2.43. The zero-order valence-corrected chi connectivity index (χ0v) is 14.7. The Morgan fingerprint density at radius 1 is 1.19 bits per heavy atom. The number of aliphatic hydroxyl groups is 1. The molecule has 1 aromatic rings. The smallest absolute Gasteiger partial charge is 0.153 e. The molecule has 0 bridgehead atoms. The van der Waals surface area contributed by atoms with Crippen molar-refractivity contribution in [1.82, 2.24) is 4.90 Å². The summed E-state index contributed by atoms with van der Waals surface area (Å²) in [5.74, 6) is 0. The predicted octanol–water partition coefficient (Wildman–Crippen LogP) is 2.09. The van der Waals surface area contributed by atoms with Crippen LogP contribution >= 0.6 is 0 Å². The number of aryl methyl sites for hydroxylation is 2. The van der Waals surface area contributed by atoms with E-state index in [0.29, 0.717) is 13.1 Å². The first-order valence-corrected chi connectivity index (χ1v) is 8.96. The molecule has 0 aliphatic carbocycles. The van der Waals surface area contributed by atoms with E-state index in [9.17, 15) is 13.5 Å². The number of hydrogen-bond donors (Lipinski definition) is 1. The van der Waals surface area contributed by atoms with Gasteiger partial charge in [0.05, 0.1) is 10.9 Å². The van der Waals surface area contributed by atoms with Crippen molar-refractivity contribution >= 4 is 9.84 Å². The minimum atomic E-state index is -3.13. The lowest BCUT2D eigenvalue weighted by atomic mass is 10.0. The summed E-state index contributed by atoms with van der Waals surface area (Å²) in [6.45, 7) is 8.21. The molecule has 0 aliphatic heterocycles. The maximum atomic E-state index is 11.7. The van der Waals surface area contributed by atoms with Gasteiger partial charge < -0.3 is 10.0 Å². The summed E-state index contributed by atoms with van der Waals surface area (Å²) >= 11 is 0. The van der Waals surface area contributed by atoms with Crippen molar-refractivity contribution in [3.63, 3.8) is 0 Å². The molecule has 1 unspecified atom stereocenters. The molecule has 1 N–H and O–H groups in total. The van der Waals surface area contributed by atoms with Crippen LogP contribution in [0.1, 0.15) is 36.6 Å². The number of rotatable bonds is 6. The maximum absolute atomic E-state index is 11.7. The topological polar surface area (TPSA) is 57.6 Å². The van der Waals surface area contributed by atoms with Crippen LogP contribution in [-0.2, 0) is 9.84 Å². The van der Waals surface area contributed by atoms with Crippen molar-refractivity contribution in [3.8, 4) is 0 Å². The number of nitrogens with zero attached hydrogens (tertiary/aromatic N) is 1. The lowest BCUT2D eigenvalue weighted by Gasteiger charge is -2.30. The Labute approximate surface area is 128 Å². The van der Waals surface area contributed by atoms with Crippen LogP contribution in [0, 0.1) is 13.8 Å². The van der Waals surface area contributed by atoms with E-state index in [0.717, 1.165) is 16.7 Å². The Kier molecular flexibility index (Phi) is 5.58. The van der Waals surface area contributed by atoms with Crippen molar-refractivity contribution in [1.29, 1.82) is 0 Å². The van der Waals surface area contributed by atoms with Crippen molar-refractivity contribution in [2.45, 2.75) is 38.5 Å². The normalized spacial score (nSPS) is 14.5. The summed E-state index contributed by atoms with van der Waals surface area (Å²) in [7, 11) is -1.30. The predicted molar refractivity (Wildman–Crippen MR) is 87.3 cm³/mol. The summed E-state index contributed by atoms with van der Waals surface area (Å²) in [5, 5.41) is 10.3. The van der Waals surface area contributed by atoms with Gasteiger partial charge in [-0.3, -0.25) is 0 Å². The summed E-state index contributed by atoms with van der Waals surface area (Å²) in [4.78, 5) is 1.86. The van der Waals surface area contributed by atoms with Gasteiger partial charge in [-0.15, -0.1) is 0 Å². The van der Waals surface area contributed by atoms with Crippen LogP contribution in [0.4, 0.5) is 0 Å². The fourth-order valence-corrected chi connectivity index (χ4v) is 2.89. The third kappa shape index (κ3) is 5.09. The van der Waals surface area contributed by atoms with Gasteiger partial charge in [0.15, 0.2) is 9.84 Å². The third-order valence-electron chi connectivity index (χ3n) is 3.77. The molecule has 120 valence electrons. The number of benzene rings is 1. The van der Waals surface area contributed by atoms with E-state index in [1.54, 1.807) is 13.8 Å². The largest absolute Gasteiger partial charge is 0.387 e. The van der Waals surface area contributed by atoms with Crippen molar-refractivity contribution in [2.75, 3.05) is 26.4 Å². The van der Waals surface area contributed by atoms with Gasteiger partial charge in [-0.25, -0.2) is 8.42 Å². The summed E-state index contributed by atoms with van der Waals surface area (Å²) in [5.41, 5.74) is 3.10. The van der Waals surface area contributed by atoms with Crippen LogP contribution in [0.3, 0.4) is 0 Å². The lowest BCUT2D eigenvalue weighted by molar-refractivity contribution is 0.123. The molecule has 0 saturated heterocycles. The van der Waals surface area contributed by atoms with Gasteiger partial charge in [0.1, 0.15) is 0 Å². The molecule has 0 aliphatic rings. The minimum Gasteiger partial charge on any atom is -0.387 e. The highest BCUT2D eigenvalue weighted by molar-refractivity contribution is 7.92. The molecule has 1 aromatic carbocycles. The van der Waals surface area contributed by atoms with E-state index in [1.165, 1.54) is 6.26 Å². The Bertz CT molecular complexity index is 573. The Balaban J connectivity index is 2.77. The molecule has 0 spiro atoms. The Hall–Kier alpha value is -0.910. The van der Waals surface area contributed by atoms with Gasteiger partial charge in [0.2, 0.25) is 0 Å². The van der Waals surface area contributed by atoms with Gasteiger partial charge in [-0.2, -0.15) is 0 Å². The monoisotopic (exact) mass is 313 g/mol. The first-order chi connectivity index (χ1) is 9.42. The van der Waals surface area contributed by atoms with E-state index in [-0.39, 0.29) is 0 Å². The second kappa shape index (κ2) is 6.46. The second-order valence-electron chi connectivity index (χ2n) is 6.67. The zero-order valence-electron chi connectivity index (χ0n) is 13.8. The molecule has 0 aromatic heterocycles. The highest BCUT2D eigenvalue weighted by Gasteiger charge is 2.31. The van der Waals surface area contributed by atoms with Crippen LogP contribution in [0.25, 0.3) is 0 Å². The van der Waals surface area contributed by atoms with Crippen molar-refractivity contribution in [2.24, 2.45) is 0 Å². The van der Waals surface area contributed by atoms with Gasteiger partial charge in [0.25, 0.3) is 0 Å². The number of aliphatic hydroxyl groups excluding tert-OH is 1. The number of hydrogen-bond acceptors (Lipinski definition) is 4. The van der Waals surface area contributed by atoms with Crippen molar-refractivity contribution < 1.29 is 13.5 Å². The molecular formula is C16H27NO3S. The van der Waals surface area contributed by atoms with E-state index in [4.69, 9.17) is 0 Å². The maximum Gasteiger partial charge on any atom is 0.153 e. The van der Waals surface area contributed by atoms with E-state index in [2.05, 4.69) is 6.07 Å². The average Bonchev–Trinajstić information content (AvgIpc) is 2.24. The molecule has 4 nitrogen and oxygen atoms in total. The first kappa shape index (κ1) is 18.1. The summed E-state index contributed by atoms with van der Waals surface area (Å²) in [6.07, 6.45) is 0.630. The van der Waals surface area contributed by atoms with E-state index < -0.39 is 20.7 Å². The van der Waals surface area contributed by atoms with Gasteiger partial charge >= 0.3 is 0 Å². The fourth-order valence-electron chi connectivity index (χ4n) is 2.43. The molecular weight excluding hydrogens is 286 g/mol. The van der Waals surface area contributed by atoms with Gasteiger partial charge in [-0.1, -0.05) is 29.3 Å². The van der Waals surface area contributed by atoms with Crippen LogP contribution < -0.4 is 0 Å². The molecule has 21 heavy (non-hydrogen) atoms. The molecule has 1 rings (SSSR count). The highest BCUT2D eigenvalue weighted by Crippen LogP contribution is 2.20. The van der Waals surface area contributed by atoms with E-state index in [1.807, 2.05) is 37.9 Å². The molecule has 5 heteroatoms. The molecule has 1 atom stereocenters. The molecule has 0 radical (unpaired) electrons. The van der Waals surface area contributed by atoms with Crippen LogP contribution in [0.2, 0.25) is 0 Å². The summed E-state index contributed by atoms with van der Waals surface area (Å²) < 4.78 is 22.7. The van der Waals surface area contributed by atoms with Crippen molar-refractivity contribution in [3.05, 3.63) is 34.9 Å². The highest BCUT2D eigenvalue weighted by atomic mass is 32.2. The Morgan fingerprint density at radius 3 is 2.10 bits per heavy atom. The molecule has 0 saturated carbocycles. The first-order valence-electron chi connectivity index (χ1n) is 7.07. The SMILES string of the molecule is Cc1cc(C)cc(C(O)CN(C)CC(C)(C)S(C)(=O)=O)c1. The van der Waals surface area contributed by atoms with Crippen LogP contribution in [0.5, 0.6) is 0 Å². The fraction of sp³-hybridized carbons (Fsp3) is 0.625. The van der Waals surface area contributed by atoms with Crippen LogP contribution in [-0.4, -0.2) is 49.6 Å². The number of likely N-dealkylation sites (N-methyl/N-ethyl adjacent to an activating group) is 1. The standard InChI is InChI=1S/C16H27NO3S/c1-12-7-13(2)9-14(8-12)15(18)10-17(5)11-16(3,4)21(6,19)20/h7-9,15,18H,10-11H2,1-6H3. The summed E-state index contributed by atoms with van der Waals surface area (Å²) in [6, 6.07) is 5.99. The van der Waals surface area contributed by atoms with Gasteiger partial charge in [-0.05, 0) is 40.3 Å². The number of sulfone groups is 1. The average molecular weight is 313 g/mol. The minimum absolute atomic E-state index is 0.383. The van der Waals surface area contributed by atoms with Crippen LogP contribution in [0.15, 0.2) is 18.2 Å². The van der Waals surface area contributed by atoms with E-state index >= 15 is 0 Å².